The van der Waals surface area contributed by atoms with Crippen LogP contribution in [0.15, 0.2) is 6.07 Å². The summed E-state index contributed by atoms with van der Waals surface area (Å²) in [5, 5.41) is 0.517. The van der Waals surface area contributed by atoms with E-state index in [0.717, 1.165) is 37.8 Å². The smallest absolute Gasteiger partial charge is 0.144 e. The molecule has 0 aromatic carbocycles. The molecule has 88 valence electrons. The first-order valence-corrected chi connectivity index (χ1v) is 5.85. The molecule has 1 unspecified atom stereocenters. The molecule has 0 aliphatic carbocycles. The Morgan fingerprint density at radius 2 is 2.38 bits per heavy atom. The number of aromatic nitrogens is 2. The van der Waals surface area contributed by atoms with Crippen LogP contribution in [0.5, 0.6) is 0 Å². The zero-order chi connectivity index (χ0) is 11.5. The molecule has 0 radical (unpaired) electrons. The zero-order valence-corrected chi connectivity index (χ0v) is 10.4. The van der Waals surface area contributed by atoms with Crippen LogP contribution in [-0.2, 0) is 11.3 Å². The van der Waals surface area contributed by atoms with Gasteiger partial charge in [0.25, 0.3) is 0 Å². The van der Waals surface area contributed by atoms with Gasteiger partial charge in [0, 0.05) is 18.8 Å². The molecule has 16 heavy (non-hydrogen) atoms. The van der Waals surface area contributed by atoms with Gasteiger partial charge in [0.05, 0.1) is 19.3 Å². The standard InChI is InChI=1S/C11H16ClN3O/c1-8-5-10(12)14-11(13-8)7-15-3-4-16-9(2)6-15/h5,9H,3-4,6-7H2,1-2H3. The highest BCUT2D eigenvalue weighted by molar-refractivity contribution is 6.29. The monoisotopic (exact) mass is 241 g/mol. The average Bonchev–Trinajstić information content (AvgIpc) is 2.15. The quantitative estimate of drug-likeness (QED) is 0.739. The lowest BCUT2D eigenvalue weighted by Gasteiger charge is -2.30. The molecular weight excluding hydrogens is 226 g/mol. The predicted molar refractivity (Wildman–Crippen MR) is 62.5 cm³/mol. The van der Waals surface area contributed by atoms with Crippen LogP contribution >= 0.6 is 11.6 Å². The van der Waals surface area contributed by atoms with Crippen molar-refractivity contribution in [2.24, 2.45) is 0 Å². The van der Waals surface area contributed by atoms with Crippen molar-refractivity contribution in [1.29, 1.82) is 0 Å². The topological polar surface area (TPSA) is 38.2 Å². The number of halogens is 1. The van der Waals surface area contributed by atoms with Gasteiger partial charge in [0.15, 0.2) is 0 Å². The fourth-order valence-electron chi connectivity index (χ4n) is 1.89. The van der Waals surface area contributed by atoms with E-state index in [1.54, 1.807) is 6.07 Å². The Hall–Kier alpha value is -0.710. The normalized spacial score (nSPS) is 22.3. The van der Waals surface area contributed by atoms with Gasteiger partial charge < -0.3 is 4.74 Å². The molecule has 1 atom stereocenters. The van der Waals surface area contributed by atoms with Crippen LogP contribution in [0.3, 0.4) is 0 Å². The lowest BCUT2D eigenvalue weighted by Crippen LogP contribution is -2.40. The van der Waals surface area contributed by atoms with Gasteiger partial charge in [-0.3, -0.25) is 4.90 Å². The third-order valence-electron chi connectivity index (χ3n) is 2.56. The van der Waals surface area contributed by atoms with Crippen molar-refractivity contribution >= 4 is 11.6 Å². The summed E-state index contributed by atoms with van der Waals surface area (Å²) >= 11 is 5.90. The van der Waals surface area contributed by atoms with Crippen molar-refractivity contribution in [1.82, 2.24) is 14.9 Å². The predicted octanol–water partition coefficient (Wildman–Crippen LogP) is 1.66. The molecule has 0 spiro atoms. The van der Waals surface area contributed by atoms with Gasteiger partial charge in [0.2, 0.25) is 0 Å². The number of aryl methyl sites for hydroxylation is 1. The van der Waals surface area contributed by atoms with E-state index in [1.807, 2.05) is 6.92 Å². The maximum atomic E-state index is 5.90. The van der Waals surface area contributed by atoms with Gasteiger partial charge in [-0.15, -0.1) is 0 Å². The molecule has 1 saturated heterocycles. The van der Waals surface area contributed by atoms with Crippen molar-refractivity contribution in [2.75, 3.05) is 19.7 Å². The molecular formula is C11H16ClN3O. The van der Waals surface area contributed by atoms with E-state index in [1.165, 1.54) is 0 Å². The van der Waals surface area contributed by atoms with Crippen LogP contribution in [0.1, 0.15) is 18.4 Å². The first kappa shape index (κ1) is 11.8. The van der Waals surface area contributed by atoms with Gasteiger partial charge in [-0.25, -0.2) is 9.97 Å². The van der Waals surface area contributed by atoms with E-state index in [-0.39, 0.29) is 6.10 Å². The van der Waals surface area contributed by atoms with Crippen LogP contribution in [0.25, 0.3) is 0 Å². The van der Waals surface area contributed by atoms with Crippen LogP contribution in [0, 0.1) is 6.92 Å². The van der Waals surface area contributed by atoms with Crippen molar-refractivity contribution in [3.63, 3.8) is 0 Å². The minimum absolute atomic E-state index is 0.286. The molecule has 0 amide bonds. The largest absolute Gasteiger partial charge is 0.376 e. The van der Waals surface area contributed by atoms with Crippen LogP contribution in [0.4, 0.5) is 0 Å². The summed E-state index contributed by atoms with van der Waals surface area (Å²) in [7, 11) is 0. The average molecular weight is 242 g/mol. The molecule has 0 bridgehead atoms. The molecule has 0 N–H and O–H groups in total. The summed E-state index contributed by atoms with van der Waals surface area (Å²) < 4.78 is 5.48. The second kappa shape index (κ2) is 5.08. The van der Waals surface area contributed by atoms with E-state index >= 15 is 0 Å². The summed E-state index contributed by atoms with van der Waals surface area (Å²) in [6, 6.07) is 1.77. The van der Waals surface area contributed by atoms with E-state index < -0.39 is 0 Å². The van der Waals surface area contributed by atoms with Crippen molar-refractivity contribution in [2.45, 2.75) is 26.5 Å². The van der Waals surface area contributed by atoms with E-state index in [0.29, 0.717) is 5.15 Å². The molecule has 5 heteroatoms. The van der Waals surface area contributed by atoms with Crippen LogP contribution in [0.2, 0.25) is 5.15 Å². The Bertz CT molecular complexity index is 352. The van der Waals surface area contributed by atoms with Crippen molar-refractivity contribution < 1.29 is 4.74 Å². The number of ether oxygens (including phenoxy) is 1. The third-order valence-corrected chi connectivity index (χ3v) is 2.75. The Balaban J connectivity index is 2.02. The maximum Gasteiger partial charge on any atom is 0.144 e. The van der Waals surface area contributed by atoms with Crippen LogP contribution in [-0.4, -0.2) is 40.7 Å². The van der Waals surface area contributed by atoms with Crippen molar-refractivity contribution in [3.05, 3.63) is 22.7 Å². The Kier molecular flexibility index (Phi) is 3.74. The zero-order valence-electron chi connectivity index (χ0n) is 9.61. The summed E-state index contributed by atoms with van der Waals surface area (Å²) in [6.07, 6.45) is 0.286. The summed E-state index contributed by atoms with van der Waals surface area (Å²) in [5.74, 6) is 0.791. The lowest BCUT2D eigenvalue weighted by atomic mass is 10.3. The number of hydrogen-bond donors (Lipinski definition) is 0. The van der Waals surface area contributed by atoms with Gasteiger partial charge in [-0.1, -0.05) is 11.6 Å². The molecule has 1 aliphatic rings. The van der Waals surface area contributed by atoms with E-state index in [9.17, 15) is 0 Å². The molecule has 2 heterocycles. The lowest BCUT2D eigenvalue weighted by molar-refractivity contribution is -0.0220. The first-order valence-electron chi connectivity index (χ1n) is 5.47. The first-order chi connectivity index (χ1) is 7.63. The molecule has 0 saturated carbocycles. The van der Waals surface area contributed by atoms with E-state index in [2.05, 4.69) is 21.8 Å². The summed E-state index contributed by atoms with van der Waals surface area (Å²) in [6.45, 7) is 7.39. The summed E-state index contributed by atoms with van der Waals surface area (Å²) in [5.41, 5.74) is 0.913. The highest BCUT2D eigenvalue weighted by Crippen LogP contribution is 2.11. The highest BCUT2D eigenvalue weighted by Gasteiger charge is 2.17. The fraction of sp³-hybridized carbons (Fsp3) is 0.636. The Labute approximate surface area is 101 Å². The highest BCUT2D eigenvalue weighted by atomic mass is 35.5. The number of nitrogens with zero attached hydrogens (tertiary/aromatic N) is 3. The van der Waals surface area contributed by atoms with Gasteiger partial charge in [0.1, 0.15) is 11.0 Å². The second-order valence-corrected chi connectivity index (χ2v) is 4.55. The van der Waals surface area contributed by atoms with Gasteiger partial charge in [-0.05, 0) is 19.9 Å². The summed E-state index contributed by atoms with van der Waals surface area (Å²) in [4.78, 5) is 10.9. The maximum absolute atomic E-state index is 5.90. The molecule has 1 aromatic rings. The second-order valence-electron chi connectivity index (χ2n) is 4.16. The van der Waals surface area contributed by atoms with E-state index in [4.69, 9.17) is 16.3 Å². The Morgan fingerprint density at radius 3 is 3.06 bits per heavy atom. The molecule has 2 rings (SSSR count). The minimum atomic E-state index is 0.286. The SMILES string of the molecule is Cc1cc(Cl)nc(CN2CCOC(C)C2)n1. The number of morpholine rings is 1. The van der Waals surface area contributed by atoms with Gasteiger partial charge >= 0.3 is 0 Å². The molecule has 1 fully saturated rings. The molecule has 1 aromatic heterocycles. The van der Waals surface area contributed by atoms with Crippen molar-refractivity contribution in [3.8, 4) is 0 Å². The number of rotatable bonds is 2. The fourth-order valence-corrected chi connectivity index (χ4v) is 2.15. The number of hydrogen-bond acceptors (Lipinski definition) is 4. The Morgan fingerprint density at radius 1 is 1.56 bits per heavy atom. The van der Waals surface area contributed by atoms with Gasteiger partial charge in [-0.2, -0.15) is 0 Å². The minimum Gasteiger partial charge on any atom is -0.376 e. The molecule has 4 nitrogen and oxygen atoms in total. The molecule has 1 aliphatic heterocycles. The third kappa shape index (κ3) is 3.14. The van der Waals surface area contributed by atoms with Crippen LogP contribution < -0.4 is 0 Å².